The van der Waals surface area contributed by atoms with E-state index in [1.54, 1.807) is 16.6 Å². The Hall–Kier alpha value is -2.55. The number of piperazine rings is 1. The molecule has 7 nitrogen and oxygen atoms in total. The molecule has 1 saturated heterocycles. The Kier molecular flexibility index (Phi) is 4.54. The van der Waals surface area contributed by atoms with E-state index in [1.807, 2.05) is 22.8 Å². The van der Waals surface area contributed by atoms with Crippen molar-refractivity contribution in [3.8, 4) is 0 Å². The highest BCUT2D eigenvalue weighted by Gasteiger charge is 2.23. The Morgan fingerprint density at radius 1 is 1.19 bits per heavy atom. The largest absolute Gasteiger partial charge is 0.366 e. The first kappa shape index (κ1) is 16.9. The second-order valence-electron chi connectivity index (χ2n) is 6.26. The SMILES string of the molecule is Cc1nnc2sc(CCC(=O)N3CCN(c4ccccc4F)CC3)nn12. The van der Waals surface area contributed by atoms with E-state index < -0.39 is 0 Å². The van der Waals surface area contributed by atoms with Crippen LogP contribution in [0.25, 0.3) is 4.96 Å². The predicted molar refractivity (Wildman–Crippen MR) is 96.9 cm³/mol. The summed E-state index contributed by atoms with van der Waals surface area (Å²) in [5.41, 5.74) is 0.606. The fraction of sp³-hybridized carbons (Fsp3) is 0.412. The molecule has 1 amide bonds. The van der Waals surface area contributed by atoms with Gasteiger partial charge in [0.15, 0.2) is 5.82 Å². The Balaban J connectivity index is 1.31. The number of hydrogen-bond donors (Lipinski definition) is 0. The number of aromatic nitrogens is 4. The second kappa shape index (κ2) is 6.99. The average Bonchev–Trinajstić information content (AvgIpc) is 3.22. The van der Waals surface area contributed by atoms with Crippen LogP contribution < -0.4 is 4.90 Å². The van der Waals surface area contributed by atoms with Gasteiger partial charge in [-0.25, -0.2) is 4.39 Å². The van der Waals surface area contributed by atoms with Crippen LogP contribution >= 0.6 is 11.3 Å². The number of hydrogen-bond acceptors (Lipinski definition) is 6. The summed E-state index contributed by atoms with van der Waals surface area (Å²) < 4.78 is 15.6. The molecule has 9 heteroatoms. The van der Waals surface area contributed by atoms with Gasteiger partial charge < -0.3 is 9.80 Å². The third-order valence-corrected chi connectivity index (χ3v) is 5.53. The minimum absolute atomic E-state index is 0.112. The van der Waals surface area contributed by atoms with Crippen LogP contribution in [0.2, 0.25) is 0 Å². The molecular formula is C17H19FN6OS. The van der Waals surface area contributed by atoms with Crippen molar-refractivity contribution in [2.24, 2.45) is 0 Å². The van der Waals surface area contributed by atoms with E-state index in [9.17, 15) is 9.18 Å². The van der Waals surface area contributed by atoms with Crippen molar-refractivity contribution in [2.75, 3.05) is 31.1 Å². The van der Waals surface area contributed by atoms with Crippen molar-refractivity contribution in [3.63, 3.8) is 0 Å². The van der Waals surface area contributed by atoms with E-state index in [0.717, 1.165) is 15.8 Å². The Labute approximate surface area is 154 Å². The fourth-order valence-corrected chi connectivity index (χ4v) is 4.01. The number of rotatable bonds is 4. The normalized spacial score (nSPS) is 15.0. The highest BCUT2D eigenvalue weighted by molar-refractivity contribution is 7.16. The lowest BCUT2D eigenvalue weighted by atomic mass is 10.2. The molecule has 1 aromatic carbocycles. The summed E-state index contributed by atoms with van der Waals surface area (Å²) in [5, 5.41) is 13.3. The van der Waals surface area contributed by atoms with Gasteiger partial charge in [0.2, 0.25) is 10.9 Å². The van der Waals surface area contributed by atoms with Crippen molar-refractivity contribution in [2.45, 2.75) is 19.8 Å². The molecular weight excluding hydrogens is 355 g/mol. The van der Waals surface area contributed by atoms with Crippen LogP contribution in [0.5, 0.6) is 0 Å². The topological polar surface area (TPSA) is 66.6 Å². The molecule has 0 atom stereocenters. The van der Waals surface area contributed by atoms with Crippen LogP contribution in [0.4, 0.5) is 10.1 Å². The lowest BCUT2D eigenvalue weighted by molar-refractivity contribution is -0.131. The molecule has 0 bridgehead atoms. The van der Waals surface area contributed by atoms with Crippen LogP contribution in [0.15, 0.2) is 24.3 Å². The molecule has 0 unspecified atom stereocenters. The molecule has 136 valence electrons. The maximum atomic E-state index is 13.9. The summed E-state index contributed by atoms with van der Waals surface area (Å²) in [7, 11) is 0. The summed E-state index contributed by atoms with van der Waals surface area (Å²) in [6, 6.07) is 6.77. The van der Waals surface area contributed by atoms with Gasteiger partial charge in [0.1, 0.15) is 10.8 Å². The molecule has 1 fully saturated rings. The van der Waals surface area contributed by atoms with Crippen LogP contribution in [0.1, 0.15) is 17.3 Å². The molecule has 3 heterocycles. The van der Waals surface area contributed by atoms with E-state index in [4.69, 9.17) is 0 Å². The highest BCUT2D eigenvalue weighted by atomic mass is 32.1. The van der Waals surface area contributed by atoms with E-state index in [-0.39, 0.29) is 11.7 Å². The third-order valence-electron chi connectivity index (χ3n) is 4.57. The zero-order chi connectivity index (χ0) is 18.1. The van der Waals surface area contributed by atoms with Crippen LogP contribution in [0, 0.1) is 12.7 Å². The molecule has 3 aromatic rings. The second-order valence-corrected chi connectivity index (χ2v) is 7.30. The van der Waals surface area contributed by atoms with Gasteiger partial charge in [0.25, 0.3) is 0 Å². The maximum absolute atomic E-state index is 13.9. The maximum Gasteiger partial charge on any atom is 0.234 e. The zero-order valence-corrected chi connectivity index (χ0v) is 15.2. The Morgan fingerprint density at radius 3 is 2.69 bits per heavy atom. The quantitative estimate of drug-likeness (QED) is 0.698. The van der Waals surface area contributed by atoms with Crippen molar-refractivity contribution in [3.05, 3.63) is 40.9 Å². The molecule has 4 rings (SSSR count). The first-order valence-corrected chi connectivity index (χ1v) is 9.38. The number of nitrogens with zero attached hydrogens (tertiary/aromatic N) is 6. The van der Waals surface area contributed by atoms with Gasteiger partial charge in [-0.2, -0.15) is 9.61 Å². The van der Waals surface area contributed by atoms with E-state index in [0.29, 0.717) is 44.7 Å². The first-order valence-electron chi connectivity index (χ1n) is 8.57. The lowest BCUT2D eigenvalue weighted by Crippen LogP contribution is -2.49. The standard InChI is InChI=1S/C17H19FN6OS/c1-12-19-20-17-24(12)21-15(26-17)6-7-16(25)23-10-8-22(9-11-23)14-5-3-2-4-13(14)18/h2-5H,6-11H2,1H3. The van der Waals surface area contributed by atoms with Gasteiger partial charge in [0.05, 0.1) is 5.69 Å². The van der Waals surface area contributed by atoms with E-state index in [2.05, 4.69) is 15.3 Å². The van der Waals surface area contributed by atoms with Gasteiger partial charge >= 0.3 is 0 Å². The number of halogens is 1. The summed E-state index contributed by atoms with van der Waals surface area (Å²) in [6.45, 7) is 4.35. The number of amides is 1. The molecule has 0 spiro atoms. The predicted octanol–water partition coefficient (Wildman–Crippen LogP) is 1.91. The molecule has 1 aliphatic rings. The number of carbonyl (C=O) groups is 1. The van der Waals surface area contributed by atoms with Gasteiger partial charge in [-0.1, -0.05) is 23.5 Å². The molecule has 26 heavy (non-hydrogen) atoms. The molecule has 2 aromatic heterocycles. The summed E-state index contributed by atoms with van der Waals surface area (Å²) in [4.78, 5) is 17.1. The zero-order valence-electron chi connectivity index (χ0n) is 14.4. The summed E-state index contributed by atoms with van der Waals surface area (Å²) >= 11 is 1.46. The number of para-hydroxylation sites is 1. The lowest BCUT2D eigenvalue weighted by Gasteiger charge is -2.36. The number of anilines is 1. The van der Waals surface area contributed by atoms with Crippen molar-refractivity contribution >= 4 is 27.9 Å². The average molecular weight is 374 g/mol. The minimum atomic E-state index is -0.217. The van der Waals surface area contributed by atoms with E-state index in [1.165, 1.54) is 17.4 Å². The first-order chi connectivity index (χ1) is 12.6. The third kappa shape index (κ3) is 3.26. The molecule has 0 aliphatic carbocycles. The van der Waals surface area contributed by atoms with Crippen LogP contribution in [-0.2, 0) is 11.2 Å². The Bertz CT molecular complexity index is 930. The van der Waals surface area contributed by atoms with Crippen LogP contribution in [0.3, 0.4) is 0 Å². The van der Waals surface area contributed by atoms with E-state index >= 15 is 0 Å². The minimum Gasteiger partial charge on any atom is -0.366 e. The monoisotopic (exact) mass is 374 g/mol. The fourth-order valence-electron chi connectivity index (χ4n) is 3.13. The smallest absolute Gasteiger partial charge is 0.234 e. The van der Waals surface area contributed by atoms with Crippen molar-refractivity contribution in [1.82, 2.24) is 24.7 Å². The Morgan fingerprint density at radius 2 is 1.96 bits per heavy atom. The highest BCUT2D eigenvalue weighted by Crippen LogP contribution is 2.21. The number of fused-ring (bicyclic) bond motifs is 1. The van der Waals surface area contributed by atoms with Crippen molar-refractivity contribution in [1.29, 1.82) is 0 Å². The van der Waals surface area contributed by atoms with Crippen LogP contribution in [-0.4, -0.2) is 56.8 Å². The summed E-state index contributed by atoms with van der Waals surface area (Å²) in [5.74, 6) is 0.643. The van der Waals surface area contributed by atoms with Gasteiger partial charge in [-0.15, -0.1) is 10.2 Å². The van der Waals surface area contributed by atoms with Gasteiger partial charge in [0, 0.05) is 39.0 Å². The van der Waals surface area contributed by atoms with Gasteiger partial charge in [-0.05, 0) is 19.1 Å². The molecule has 0 radical (unpaired) electrons. The molecule has 0 N–H and O–H groups in total. The number of carbonyl (C=O) groups excluding carboxylic acids is 1. The number of aryl methyl sites for hydroxylation is 2. The molecule has 1 aliphatic heterocycles. The number of benzene rings is 1. The van der Waals surface area contributed by atoms with Gasteiger partial charge in [-0.3, -0.25) is 4.79 Å². The summed E-state index contributed by atoms with van der Waals surface area (Å²) in [6.07, 6.45) is 1.02. The van der Waals surface area contributed by atoms with Crippen molar-refractivity contribution < 1.29 is 9.18 Å². The molecule has 0 saturated carbocycles.